The minimum absolute atomic E-state index is 0.221. The van der Waals surface area contributed by atoms with E-state index in [2.05, 4.69) is 10.3 Å². The Kier molecular flexibility index (Phi) is 4.46. The number of aromatic nitrogens is 1. The molecule has 1 unspecified atom stereocenters. The summed E-state index contributed by atoms with van der Waals surface area (Å²) >= 11 is 1.52. The first kappa shape index (κ1) is 13.2. The fourth-order valence-electron chi connectivity index (χ4n) is 2.06. The van der Waals surface area contributed by atoms with E-state index in [1.54, 1.807) is 6.20 Å². The van der Waals surface area contributed by atoms with E-state index in [1.807, 2.05) is 10.3 Å². The summed E-state index contributed by atoms with van der Waals surface area (Å²) in [5.74, 6) is -0.502. The van der Waals surface area contributed by atoms with Crippen molar-refractivity contribution in [1.82, 2.24) is 10.3 Å². The van der Waals surface area contributed by atoms with E-state index in [9.17, 15) is 13.6 Å². The molecule has 100 valence electrons. The summed E-state index contributed by atoms with van der Waals surface area (Å²) < 4.78 is 24.1. The highest BCUT2D eigenvalue weighted by Gasteiger charge is 2.27. The minimum atomic E-state index is -2.49. The van der Waals surface area contributed by atoms with Gasteiger partial charge in [0, 0.05) is 24.7 Å². The average molecular weight is 275 g/mol. The number of nitrogens with one attached hydrogen (secondary N) is 1. The lowest BCUT2D eigenvalue weighted by molar-refractivity contribution is -0.125. The average Bonchev–Trinajstić information content (AvgIpc) is 2.90. The molecule has 18 heavy (non-hydrogen) atoms. The fraction of sp³-hybridized carbons (Fsp3) is 0.636. The van der Waals surface area contributed by atoms with E-state index >= 15 is 0 Å². The van der Waals surface area contributed by atoms with Crippen molar-refractivity contribution in [3.05, 3.63) is 11.6 Å². The van der Waals surface area contributed by atoms with Crippen molar-refractivity contribution < 1.29 is 13.6 Å². The van der Waals surface area contributed by atoms with Crippen LogP contribution in [0.25, 0.3) is 0 Å². The first-order valence-corrected chi connectivity index (χ1v) is 6.75. The second kappa shape index (κ2) is 6.08. The smallest absolute Gasteiger partial charge is 0.255 e. The zero-order valence-corrected chi connectivity index (χ0v) is 10.6. The molecule has 1 aliphatic heterocycles. The molecule has 1 atom stereocenters. The summed E-state index contributed by atoms with van der Waals surface area (Å²) in [5, 5.41) is 5.06. The summed E-state index contributed by atoms with van der Waals surface area (Å²) in [4.78, 5) is 18.0. The zero-order chi connectivity index (χ0) is 13.0. The van der Waals surface area contributed by atoms with E-state index < -0.39 is 13.0 Å². The Balaban J connectivity index is 1.88. The Labute approximate surface area is 108 Å². The third-order valence-corrected chi connectivity index (χ3v) is 3.74. The van der Waals surface area contributed by atoms with E-state index in [0.29, 0.717) is 6.54 Å². The molecule has 1 N–H and O–H groups in total. The Morgan fingerprint density at radius 3 is 3.17 bits per heavy atom. The number of piperidine rings is 1. The Morgan fingerprint density at radius 1 is 1.67 bits per heavy atom. The van der Waals surface area contributed by atoms with Gasteiger partial charge in [-0.2, -0.15) is 0 Å². The Hall–Kier alpha value is -1.24. The number of alkyl halides is 2. The van der Waals surface area contributed by atoms with Gasteiger partial charge in [0.15, 0.2) is 5.13 Å². The van der Waals surface area contributed by atoms with Crippen LogP contribution in [-0.4, -0.2) is 37.0 Å². The van der Waals surface area contributed by atoms with Crippen molar-refractivity contribution in [2.75, 3.05) is 24.5 Å². The van der Waals surface area contributed by atoms with Gasteiger partial charge in [-0.1, -0.05) is 0 Å². The number of anilines is 1. The molecule has 0 aromatic carbocycles. The number of halogens is 2. The van der Waals surface area contributed by atoms with Gasteiger partial charge in [0.05, 0.1) is 12.5 Å². The lowest BCUT2D eigenvalue weighted by Crippen LogP contribution is -2.44. The molecule has 1 amide bonds. The molecule has 0 aliphatic carbocycles. The van der Waals surface area contributed by atoms with E-state index in [1.165, 1.54) is 11.3 Å². The topological polar surface area (TPSA) is 45.2 Å². The highest BCUT2D eigenvalue weighted by molar-refractivity contribution is 7.13. The zero-order valence-electron chi connectivity index (χ0n) is 9.81. The number of rotatable bonds is 4. The van der Waals surface area contributed by atoms with Crippen LogP contribution >= 0.6 is 11.3 Å². The number of amides is 1. The fourth-order valence-corrected chi connectivity index (χ4v) is 2.74. The van der Waals surface area contributed by atoms with E-state index in [0.717, 1.165) is 24.5 Å². The van der Waals surface area contributed by atoms with E-state index in [4.69, 9.17) is 0 Å². The quantitative estimate of drug-likeness (QED) is 0.910. The third-order valence-electron chi connectivity index (χ3n) is 2.91. The van der Waals surface area contributed by atoms with Crippen LogP contribution in [0.1, 0.15) is 12.8 Å². The molecular formula is C11H15F2N3OS. The van der Waals surface area contributed by atoms with Gasteiger partial charge < -0.3 is 10.2 Å². The van der Waals surface area contributed by atoms with Gasteiger partial charge >= 0.3 is 0 Å². The van der Waals surface area contributed by atoms with Gasteiger partial charge in [0.2, 0.25) is 5.91 Å². The largest absolute Gasteiger partial charge is 0.350 e. The Morgan fingerprint density at radius 2 is 2.50 bits per heavy atom. The monoisotopic (exact) mass is 275 g/mol. The number of hydrogen-bond acceptors (Lipinski definition) is 4. The van der Waals surface area contributed by atoms with Crippen LogP contribution < -0.4 is 10.2 Å². The lowest BCUT2D eigenvalue weighted by Gasteiger charge is -2.31. The van der Waals surface area contributed by atoms with Crippen LogP contribution in [0.2, 0.25) is 0 Å². The molecular weight excluding hydrogens is 260 g/mol. The SMILES string of the molecule is O=C(NCC(F)F)C1CCCN(c2nccs2)C1. The molecule has 4 nitrogen and oxygen atoms in total. The summed E-state index contributed by atoms with van der Waals surface area (Å²) in [6.07, 6.45) is 0.858. The van der Waals surface area contributed by atoms with Crippen LogP contribution in [0.4, 0.5) is 13.9 Å². The maximum atomic E-state index is 12.0. The Bertz CT molecular complexity index is 386. The molecule has 1 aromatic heterocycles. The van der Waals surface area contributed by atoms with Crippen molar-refractivity contribution >= 4 is 22.4 Å². The molecule has 2 heterocycles. The van der Waals surface area contributed by atoms with Crippen LogP contribution in [0, 0.1) is 5.92 Å². The molecule has 0 radical (unpaired) electrons. The standard InChI is InChI=1S/C11H15F2N3OS/c12-9(13)6-15-10(17)8-2-1-4-16(7-8)11-14-3-5-18-11/h3,5,8-9H,1-2,4,6-7H2,(H,15,17). The van der Waals surface area contributed by atoms with Gasteiger partial charge in [0.1, 0.15) is 0 Å². The van der Waals surface area contributed by atoms with Gasteiger partial charge in [0.25, 0.3) is 6.43 Å². The summed E-state index contributed by atoms with van der Waals surface area (Å²) in [6.45, 7) is 0.862. The molecule has 7 heteroatoms. The van der Waals surface area contributed by atoms with Gasteiger partial charge in [-0.05, 0) is 12.8 Å². The normalized spacial score (nSPS) is 20.2. The number of carbonyl (C=O) groups is 1. The van der Waals surface area contributed by atoms with Crippen molar-refractivity contribution in [2.24, 2.45) is 5.92 Å². The molecule has 0 saturated carbocycles. The molecule has 1 saturated heterocycles. The summed E-state index contributed by atoms with van der Waals surface area (Å²) in [7, 11) is 0. The summed E-state index contributed by atoms with van der Waals surface area (Å²) in [5.41, 5.74) is 0. The predicted molar refractivity (Wildman–Crippen MR) is 66.1 cm³/mol. The van der Waals surface area contributed by atoms with Crippen molar-refractivity contribution in [2.45, 2.75) is 19.3 Å². The van der Waals surface area contributed by atoms with Gasteiger partial charge in [-0.25, -0.2) is 13.8 Å². The van der Waals surface area contributed by atoms with Crippen molar-refractivity contribution in [3.8, 4) is 0 Å². The van der Waals surface area contributed by atoms with Crippen LogP contribution in [0.3, 0.4) is 0 Å². The highest BCUT2D eigenvalue weighted by Crippen LogP contribution is 2.24. The number of thiazole rings is 1. The predicted octanol–water partition coefficient (Wildman–Crippen LogP) is 1.74. The van der Waals surface area contributed by atoms with Crippen molar-refractivity contribution in [3.63, 3.8) is 0 Å². The maximum Gasteiger partial charge on any atom is 0.255 e. The third kappa shape index (κ3) is 3.38. The van der Waals surface area contributed by atoms with E-state index in [-0.39, 0.29) is 11.8 Å². The van der Waals surface area contributed by atoms with Crippen LogP contribution in [0.15, 0.2) is 11.6 Å². The number of hydrogen-bond donors (Lipinski definition) is 1. The lowest BCUT2D eigenvalue weighted by atomic mass is 9.97. The van der Waals surface area contributed by atoms with Crippen molar-refractivity contribution in [1.29, 1.82) is 0 Å². The first-order chi connectivity index (χ1) is 8.66. The molecule has 2 rings (SSSR count). The van der Waals surface area contributed by atoms with Gasteiger partial charge in [-0.15, -0.1) is 11.3 Å². The molecule has 1 aromatic rings. The first-order valence-electron chi connectivity index (χ1n) is 5.87. The van der Waals surface area contributed by atoms with Crippen LogP contribution in [0.5, 0.6) is 0 Å². The highest BCUT2D eigenvalue weighted by atomic mass is 32.1. The number of nitrogens with zero attached hydrogens (tertiary/aromatic N) is 2. The maximum absolute atomic E-state index is 12.0. The van der Waals surface area contributed by atoms with Gasteiger partial charge in [-0.3, -0.25) is 4.79 Å². The second-order valence-corrected chi connectivity index (χ2v) is 5.11. The van der Waals surface area contributed by atoms with Crippen LogP contribution in [-0.2, 0) is 4.79 Å². The summed E-state index contributed by atoms with van der Waals surface area (Å²) in [6, 6.07) is 0. The minimum Gasteiger partial charge on any atom is -0.350 e. The molecule has 0 spiro atoms. The molecule has 1 fully saturated rings. The number of carbonyl (C=O) groups excluding carboxylic acids is 1. The second-order valence-electron chi connectivity index (χ2n) is 4.24. The molecule has 0 bridgehead atoms. The molecule has 1 aliphatic rings.